The Balaban J connectivity index is 2.28. The van der Waals surface area contributed by atoms with Crippen LogP contribution >= 0.6 is 27.7 Å². The fourth-order valence-corrected chi connectivity index (χ4v) is 2.27. The second-order valence-corrected chi connectivity index (χ2v) is 5.02. The van der Waals surface area contributed by atoms with Crippen molar-refractivity contribution < 1.29 is 4.74 Å². The Morgan fingerprint density at radius 2 is 2.23 bits per heavy atom. The van der Waals surface area contributed by atoms with Crippen molar-refractivity contribution >= 4 is 27.7 Å². The van der Waals surface area contributed by atoms with Gasteiger partial charge in [0.05, 0.1) is 0 Å². The van der Waals surface area contributed by atoms with Gasteiger partial charge in [0.2, 0.25) is 0 Å². The number of allylic oxidation sites excluding steroid dienone is 3. The van der Waals surface area contributed by atoms with Crippen molar-refractivity contribution in [2.24, 2.45) is 0 Å². The van der Waals surface area contributed by atoms with Gasteiger partial charge in [-0.25, -0.2) is 0 Å². The SMILES string of the molecule is C=C(Br)/C=C\C(=C)OC1CCSC1. The van der Waals surface area contributed by atoms with Crippen molar-refractivity contribution in [2.45, 2.75) is 12.5 Å². The van der Waals surface area contributed by atoms with Crippen molar-refractivity contribution in [1.82, 2.24) is 0 Å². The molecule has 1 atom stereocenters. The second-order valence-electron chi connectivity index (χ2n) is 2.85. The third-order valence-corrected chi connectivity index (χ3v) is 3.05. The van der Waals surface area contributed by atoms with Crippen LogP contribution in [0.2, 0.25) is 0 Å². The molecule has 1 fully saturated rings. The van der Waals surface area contributed by atoms with Gasteiger partial charge in [-0.15, -0.1) is 0 Å². The van der Waals surface area contributed by atoms with Gasteiger partial charge in [-0.1, -0.05) is 29.1 Å². The van der Waals surface area contributed by atoms with Crippen LogP contribution in [-0.4, -0.2) is 17.6 Å². The van der Waals surface area contributed by atoms with E-state index in [-0.39, 0.29) is 0 Å². The van der Waals surface area contributed by atoms with Crippen molar-refractivity contribution in [3.8, 4) is 0 Å². The number of hydrogen-bond donors (Lipinski definition) is 0. The molecule has 1 unspecified atom stereocenters. The predicted octanol–water partition coefficient (Wildman–Crippen LogP) is 3.49. The Bertz CT molecular complexity index is 229. The van der Waals surface area contributed by atoms with Crippen molar-refractivity contribution in [2.75, 3.05) is 11.5 Å². The molecule has 0 radical (unpaired) electrons. The number of ether oxygens (including phenoxy) is 1. The largest absolute Gasteiger partial charge is 0.490 e. The highest BCUT2D eigenvalue weighted by molar-refractivity contribution is 9.11. The zero-order chi connectivity index (χ0) is 9.68. The van der Waals surface area contributed by atoms with E-state index in [0.29, 0.717) is 11.9 Å². The van der Waals surface area contributed by atoms with Crippen LogP contribution in [-0.2, 0) is 4.74 Å². The minimum atomic E-state index is 0.353. The Kier molecular flexibility index (Phi) is 4.67. The third kappa shape index (κ3) is 4.58. The smallest absolute Gasteiger partial charge is 0.112 e. The molecule has 1 saturated heterocycles. The summed E-state index contributed by atoms with van der Waals surface area (Å²) in [5.74, 6) is 3.00. The number of halogens is 1. The zero-order valence-electron chi connectivity index (χ0n) is 7.46. The summed E-state index contributed by atoms with van der Waals surface area (Å²) in [4.78, 5) is 0. The van der Waals surface area contributed by atoms with Crippen LogP contribution in [0, 0.1) is 0 Å². The normalized spacial score (nSPS) is 22.1. The summed E-state index contributed by atoms with van der Waals surface area (Å²) >= 11 is 5.17. The second kappa shape index (κ2) is 5.55. The van der Waals surface area contributed by atoms with Crippen LogP contribution in [0.3, 0.4) is 0 Å². The van der Waals surface area contributed by atoms with E-state index < -0.39 is 0 Å². The van der Waals surface area contributed by atoms with Gasteiger partial charge in [0, 0.05) is 10.2 Å². The molecular weight excluding hydrogens is 248 g/mol. The molecule has 3 heteroatoms. The van der Waals surface area contributed by atoms with E-state index in [1.54, 1.807) is 0 Å². The predicted molar refractivity (Wildman–Crippen MR) is 63.2 cm³/mol. The van der Waals surface area contributed by atoms with Crippen molar-refractivity contribution in [1.29, 1.82) is 0 Å². The Hall–Kier alpha value is -0.150. The molecule has 1 aliphatic heterocycles. The molecule has 1 aliphatic rings. The maximum atomic E-state index is 5.60. The standard InChI is InChI=1S/C10H13BrOS/c1-8(11)3-4-9(2)12-10-5-6-13-7-10/h3-4,10H,1-2,5-7H2/b4-3-. The highest BCUT2D eigenvalue weighted by Gasteiger charge is 2.16. The van der Waals surface area contributed by atoms with E-state index in [2.05, 4.69) is 29.1 Å². The fourth-order valence-electron chi connectivity index (χ4n) is 1.04. The summed E-state index contributed by atoms with van der Waals surface area (Å²) in [5, 5.41) is 0. The quantitative estimate of drug-likeness (QED) is 0.566. The maximum Gasteiger partial charge on any atom is 0.112 e. The van der Waals surface area contributed by atoms with E-state index in [4.69, 9.17) is 4.74 Å². The van der Waals surface area contributed by atoms with Crippen molar-refractivity contribution in [3.05, 3.63) is 35.6 Å². The van der Waals surface area contributed by atoms with Crippen LogP contribution in [0.25, 0.3) is 0 Å². The molecule has 0 amide bonds. The van der Waals surface area contributed by atoms with Crippen LogP contribution in [0.4, 0.5) is 0 Å². The van der Waals surface area contributed by atoms with Gasteiger partial charge in [0.25, 0.3) is 0 Å². The zero-order valence-corrected chi connectivity index (χ0v) is 9.86. The number of hydrogen-bond acceptors (Lipinski definition) is 2. The Morgan fingerprint density at radius 3 is 2.77 bits per heavy atom. The van der Waals surface area contributed by atoms with Crippen LogP contribution in [0.15, 0.2) is 35.6 Å². The molecule has 0 bridgehead atoms. The maximum absolute atomic E-state index is 5.60. The first-order valence-corrected chi connectivity index (χ1v) is 6.09. The van der Waals surface area contributed by atoms with E-state index >= 15 is 0 Å². The van der Waals surface area contributed by atoms with Gasteiger partial charge in [-0.2, -0.15) is 11.8 Å². The van der Waals surface area contributed by atoms with Gasteiger partial charge in [0.15, 0.2) is 0 Å². The minimum Gasteiger partial charge on any atom is -0.490 e. The highest BCUT2D eigenvalue weighted by Crippen LogP contribution is 2.22. The first kappa shape index (κ1) is 10.9. The van der Waals surface area contributed by atoms with Gasteiger partial charge >= 0.3 is 0 Å². The van der Waals surface area contributed by atoms with Crippen LogP contribution in [0.1, 0.15) is 6.42 Å². The topological polar surface area (TPSA) is 9.23 Å². The lowest BCUT2D eigenvalue weighted by Crippen LogP contribution is -2.09. The van der Waals surface area contributed by atoms with Gasteiger partial charge in [-0.05, 0) is 24.3 Å². The summed E-state index contributed by atoms with van der Waals surface area (Å²) in [7, 11) is 0. The molecule has 0 aromatic heterocycles. The summed E-state index contributed by atoms with van der Waals surface area (Å²) in [6.07, 6.45) is 5.16. The first-order chi connectivity index (χ1) is 6.18. The van der Waals surface area contributed by atoms with E-state index in [0.717, 1.165) is 16.7 Å². The number of rotatable bonds is 4. The molecule has 0 saturated carbocycles. The average Bonchev–Trinajstić information content (AvgIpc) is 2.53. The van der Waals surface area contributed by atoms with Gasteiger partial charge < -0.3 is 4.74 Å². The molecular formula is C10H13BrOS. The van der Waals surface area contributed by atoms with Gasteiger partial charge in [-0.3, -0.25) is 0 Å². The summed E-state index contributed by atoms with van der Waals surface area (Å²) < 4.78 is 6.43. The van der Waals surface area contributed by atoms with Crippen LogP contribution in [0.5, 0.6) is 0 Å². The Labute approximate surface area is 92.1 Å². The summed E-state index contributed by atoms with van der Waals surface area (Å²) in [6, 6.07) is 0. The molecule has 0 spiro atoms. The summed E-state index contributed by atoms with van der Waals surface area (Å²) in [6.45, 7) is 7.50. The fraction of sp³-hybridized carbons (Fsp3) is 0.400. The minimum absolute atomic E-state index is 0.353. The average molecular weight is 261 g/mol. The van der Waals surface area contributed by atoms with Crippen molar-refractivity contribution in [3.63, 3.8) is 0 Å². The molecule has 1 nitrogen and oxygen atoms in total. The number of thioether (sulfide) groups is 1. The Morgan fingerprint density at radius 1 is 1.46 bits per heavy atom. The van der Waals surface area contributed by atoms with Crippen LogP contribution < -0.4 is 0 Å². The molecule has 13 heavy (non-hydrogen) atoms. The van der Waals surface area contributed by atoms with E-state index in [1.807, 2.05) is 23.9 Å². The molecule has 72 valence electrons. The lowest BCUT2D eigenvalue weighted by Gasteiger charge is -2.11. The van der Waals surface area contributed by atoms with E-state index in [1.165, 1.54) is 5.75 Å². The molecule has 0 aliphatic carbocycles. The lowest BCUT2D eigenvalue weighted by molar-refractivity contribution is 0.149. The highest BCUT2D eigenvalue weighted by atomic mass is 79.9. The lowest BCUT2D eigenvalue weighted by atomic mass is 10.3. The molecule has 0 aromatic carbocycles. The molecule has 0 aromatic rings. The third-order valence-electron chi connectivity index (χ3n) is 1.66. The molecule has 0 N–H and O–H groups in total. The first-order valence-electron chi connectivity index (χ1n) is 4.14. The monoisotopic (exact) mass is 260 g/mol. The summed E-state index contributed by atoms with van der Waals surface area (Å²) in [5.41, 5.74) is 0. The molecule has 1 rings (SSSR count). The van der Waals surface area contributed by atoms with E-state index in [9.17, 15) is 0 Å². The van der Waals surface area contributed by atoms with Gasteiger partial charge in [0.1, 0.15) is 11.9 Å². The molecule has 1 heterocycles.